The number of carbonyl (C=O) groups excluding carboxylic acids is 1. The Kier molecular flexibility index (Phi) is 5.58. The summed E-state index contributed by atoms with van der Waals surface area (Å²) in [6.07, 6.45) is 2.31. The minimum absolute atomic E-state index is 0.107. The van der Waals surface area contributed by atoms with Gasteiger partial charge in [0.15, 0.2) is 0 Å². The molecule has 22 heavy (non-hydrogen) atoms. The number of carbonyl (C=O) groups is 1. The van der Waals surface area contributed by atoms with Crippen LogP contribution in [0.3, 0.4) is 0 Å². The third-order valence-corrected chi connectivity index (χ3v) is 6.05. The van der Waals surface area contributed by atoms with Crippen LogP contribution in [-0.2, 0) is 10.0 Å². The van der Waals surface area contributed by atoms with E-state index in [-0.39, 0.29) is 11.7 Å². The molecule has 1 N–H and O–H groups in total. The van der Waals surface area contributed by atoms with E-state index in [9.17, 15) is 13.2 Å². The maximum absolute atomic E-state index is 12.0. The third-order valence-electron chi connectivity index (χ3n) is 4.09. The van der Waals surface area contributed by atoms with Gasteiger partial charge in [0.2, 0.25) is 10.0 Å². The highest BCUT2D eigenvalue weighted by Crippen LogP contribution is 2.13. The smallest absolute Gasteiger partial charge is 0.251 e. The summed E-state index contributed by atoms with van der Waals surface area (Å²) in [5, 5.41) is 2.85. The number of hydrogen-bond acceptors (Lipinski definition) is 3. The summed E-state index contributed by atoms with van der Waals surface area (Å²) < 4.78 is 25.2. The summed E-state index contributed by atoms with van der Waals surface area (Å²) in [7, 11) is -3.07. The molecule has 0 atom stereocenters. The average molecular weight is 324 g/mol. The molecule has 1 saturated heterocycles. The zero-order chi connectivity index (χ0) is 16.2. The summed E-state index contributed by atoms with van der Waals surface area (Å²) in [4.78, 5) is 12.0. The second kappa shape index (κ2) is 7.24. The third kappa shape index (κ3) is 4.30. The number of rotatable bonds is 5. The molecule has 2 rings (SSSR count). The zero-order valence-corrected chi connectivity index (χ0v) is 14.1. The van der Waals surface area contributed by atoms with Crippen molar-refractivity contribution in [1.82, 2.24) is 9.62 Å². The number of hydrogen-bond donors (Lipinski definition) is 1. The van der Waals surface area contributed by atoms with Gasteiger partial charge in [-0.3, -0.25) is 4.79 Å². The molecule has 0 saturated carbocycles. The number of benzene rings is 1. The Balaban J connectivity index is 1.78. The highest BCUT2D eigenvalue weighted by atomic mass is 32.2. The zero-order valence-electron chi connectivity index (χ0n) is 13.3. The molecule has 1 aliphatic heterocycles. The lowest BCUT2D eigenvalue weighted by Gasteiger charge is -2.26. The quantitative estimate of drug-likeness (QED) is 0.841. The molecule has 1 heterocycles. The SMILES string of the molecule is Cc1ccc(C(=O)NCCCN2CCCCS2(=O)=O)cc1C. The maximum atomic E-state index is 12.0. The number of amides is 1. The van der Waals surface area contributed by atoms with E-state index in [1.54, 1.807) is 4.31 Å². The van der Waals surface area contributed by atoms with Crippen LogP contribution in [0.25, 0.3) is 0 Å². The topological polar surface area (TPSA) is 66.5 Å². The fourth-order valence-electron chi connectivity index (χ4n) is 2.53. The van der Waals surface area contributed by atoms with Crippen molar-refractivity contribution in [3.05, 3.63) is 34.9 Å². The lowest BCUT2D eigenvalue weighted by atomic mass is 10.1. The number of aryl methyl sites for hydroxylation is 2. The minimum Gasteiger partial charge on any atom is -0.352 e. The fourth-order valence-corrected chi connectivity index (χ4v) is 4.18. The van der Waals surface area contributed by atoms with E-state index in [2.05, 4.69) is 5.32 Å². The molecule has 0 unspecified atom stereocenters. The van der Waals surface area contributed by atoms with Gasteiger partial charge in [0.05, 0.1) is 5.75 Å². The standard InChI is InChI=1S/C16H24N2O3S/c1-13-6-7-15(12-14(13)2)16(19)17-8-5-10-18-9-3-4-11-22(18,20)21/h6-7,12H,3-5,8-11H2,1-2H3,(H,17,19). The van der Waals surface area contributed by atoms with Crippen LogP contribution in [0, 0.1) is 13.8 Å². The molecule has 0 bridgehead atoms. The van der Waals surface area contributed by atoms with Gasteiger partial charge in [0.1, 0.15) is 0 Å². The van der Waals surface area contributed by atoms with Crippen molar-refractivity contribution in [2.75, 3.05) is 25.4 Å². The van der Waals surface area contributed by atoms with Gasteiger partial charge >= 0.3 is 0 Å². The van der Waals surface area contributed by atoms with E-state index in [4.69, 9.17) is 0 Å². The number of sulfonamides is 1. The maximum Gasteiger partial charge on any atom is 0.251 e. The molecule has 1 aromatic rings. The number of nitrogens with zero attached hydrogens (tertiary/aromatic N) is 1. The first-order valence-corrected chi connectivity index (χ1v) is 9.34. The molecule has 0 spiro atoms. The Morgan fingerprint density at radius 2 is 2.00 bits per heavy atom. The van der Waals surface area contributed by atoms with Crippen LogP contribution in [0.15, 0.2) is 18.2 Å². The Morgan fingerprint density at radius 3 is 2.68 bits per heavy atom. The largest absolute Gasteiger partial charge is 0.352 e. The van der Waals surface area contributed by atoms with E-state index < -0.39 is 10.0 Å². The van der Waals surface area contributed by atoms with Crippen LogP contribution in [-0.4, -0.2) is 44.0 Å². The van der Waals surface area contributed by atoms with E-state index in [1.165, 1.54) is 0 Å². The average Bonchev–Trinajstić information content (AvgIpc) is 2.47. The van der Waals surface area contributed by atoms with Gasteiger partial charge in [0.25, 0.3) is 5.91 Å². The highest BCUT2D eigenvalue weighted by Gasteiger charge is 2.24. The normalized spacial score (nSPS) is 18.1. The molecule has 1 aliphatic rings. The van der Waals surface area contributed by atoms with Crippen LogP contribution in [0.2, 0.25) is 0 Å². The molecular weight excluding hydrogens is 300 g/mol. The number of nitrogens with one attached hydrogen (secondary N) is 1. The van der Waals surface area contributed by atoms with E-state index in [0.717, 1.165) is 24.0 Å². The van der Waals surface area contributed by atoms with Crippen molar-refractivity contribution in [2.24, 2.45) is 0 Å². The molecule has 6 heteroatoms. The summed E-state index contributed by atoms with van der Waals surface area (Å²) in [6, 6.07) is 5.62. The van der Waals surface area contributed by atoms with Gasteiger partial charge in [-0.2, -0.15) is 0 Å². The molecule has 1 aromatic carbocycles. The first-order valence-electron chi connectivity index (χ1n) is 7.73. The predicted octanol–water partition coefficient (Wildman–Crippen LogP) is 1.85. The lowest BCUT2D eigenvalue weighted by Crippen LogP contribution is -2.39. The summed E-state index contributed by atoms with van der Waals surface area (Å²) in [5.41, 5.74) is 2.90. The summed E-state index contributed by atoms with van der Waals surface area (Å²) in [5.74, 6) is 0.145. The molecule has 5 nitrogen and oxygen atoms in total. The second-order valence-corrected chi connectivity index (χ2v) is 7.92. The Bertz CT molecular complexity index is 641. The fraction of sp³-hybridized carbons (Fsp3) is 0.562. The second-order valence-electron chi connectivity index (χ2n) is 5.83. The van der Waals surface area contributed by atoms with Crippen molar-refractivity contribution < 1.29 is 13.2 Å². The van der Waals surface area contributed by atoms with Crippen LogP contribution >= 0.6 is 0 Å². The van der Waals surface area contributed by atoms with Crippen molar-refractivity contribution in [1.29, 1.82) is 0 Å². The highest BCUT2D eigenvalue weighted by molar-refractivity contribution is 7.89. The van der Waals surface area contributed by atoms with Gasteiger partial charge in [-0.25, -0.2) is 12.7 Å². The molecule has 0 aromatic heterocycles. The van der Waals surface area contributed by atoms with Gasteiger partial charge in [0, 0.05) is 25.2 Å². The van der Waals surface area contributed by atoms with Crippen LogP contribution in [0.5, 0.6) is 0 Å². The summed E-state index contributed by atoms with van der Waals surface area (Å²) in [6.45, 7) is 5.56. The summed E-state index contributed by atoms with van der Waals surface area (Å²) >= 11 is 0. The van der Waals surface area contributed by atoms with E-state index in [0.29, 0.717) is 31.6 Å². The Hall–Kier alpha value is -1.40. The van der Waals surface area contributed by atoms with Crippen molar-refractivity contribution >= 4 is 15.9 Å². The van der Waals surface area contributed by atoms with Gasteiger partial charge in [-0.1, -0.05) is 6.07 Å². The Morgan fingerprint density at radius 1 is 1.23 bits per heavy atom. The first kappa shape index (κ1) is 17.0. The Labute approximate surface area is 132 Å². The van der Waals surface area contributed by atoms with Crippen LogP contribution in [0.1, 0.15) is 40.7 Å². The van der Waals surface area contributed by atoms with Crippen molar-refractivity contribution in [2.45, 2.75) is 33.1 Å². The monoisotopic (exact) mass is 324 g/mol. The van der Waals surface area contributed by atoms with Crippen molar-refractivity contribution in [3.8, 4) is 0 Å². The molecule has 122 valence electrons. The van der Waals surface area contributed by atoms with Gasteiger partial charge < -0.3 is 5.32 Å². The molecule has 0 aliphatic carbocycles. The predicted molar refractivity (Wildman–Crippen MR) is 87.5 cm³/mol. The molecule has 1 fully saturated rings. The van der Waals surface area contributed by atoms with Crippen LogP contribution in [0.4, 0.5) is 0 Å². The molecule has 0 radical (unpaired) electrons. The molecular formula is C16H24N2O3S. The van der Waals surface area contributed by atoms with E-state index in [1.807, 2.05) is 32.0 Å². The van der Waals surface area contributed by atoms with Gasteiger partial charge in [-0.05, 0) is 56.4 Å². The minimum atomic E-state index is -3.07. The van der Waals surface area contributed by atoms with Crippen LogP contribution < -0.4 is 5.32 Å². The first-order chi connectivity index (χ1) is 10.4. The van der Waals surface area contributed by atoms with Crippen molar-refractivity contribution in [3.63, 3.8) is 0 Å². The van der Waals surface area contributed by atoms with Gasteiger partial charge in [-0.15, -0.1) is 0 Å². The van der Waals surface area contributed by atoms with E-state index >= 15 is 0 Å². The lowest BCUT2D eigenvalue weighted by molar-refractivity contribution is 0.0952. The molecule has 1 amide bonds.